The summed E-state index contributed by atoms with van der Waals surface area (Å²) >= 11 is 0. The van der Waals surface area contributed by atoms with Gasteiger partial charge in [-0.15, -0.1) is 0 Å². The molecule has 2 heteroatoms. The van der Waals surface area contributed by atoms with Crippen LogP contribution in [0.4, 0.5) is 0 Å². The van der Waals surface area contributed by atoms with Crippen molar-refractivity contribution in [2.24, 2.45) is 16.8 Å². The van der Waals surface area contributed by atoms with E-state index in [0.29, 0.717) is 5.92 Å². The molecule has 2 nitrogen and oxygen atoms in total. The van der Waals surface area contributed by atoms with Gasteiger partial charge in [0, 0.05) is 18.3 Å². The molecular formula is C8H12N2. The molecule has 54 valence electrons. The van der Waals surface area contributed by atoms with Crippen LogP contribution in [0.3, 0.4) is 0 Å². The third-order valence-corrected chi connectivity index (χ3v) is 2.30. The lowest BCUT2D eigenvalue weighted by Crippen LogP contribution is -2.15. The molecule has 0 bridgehead atoms. The Kier molecular flexibility index (Phi) is 1.55. The molecule has 2 atom stereocenters. The van der Waals surface area contributed by atoms with Gasteiger partial charge in [-0.2, -0.15) is 0 Å². The van der Waals surface area contributed by atoms with Crippen molar-refractivity contribution in [2.45, 2.75) is 6.42 Å². The zero-order chi connectivity index (χ0) is 6.81. The van der Waals surface area contributed by atoms with E-state index in [0.717, 1.165) is 5.92 Å². The fourth-order valence-corrected chi connectivity index (χ4v) is 1.63. The van der Waals surface area contributed by atoms with E-state index in [1.54, 1.807) is 0 Å². The molecule has 0 saturated carbocycles. The molecule has 10 heavy (non-hydrogen) atoms. The molecule has 2 rings (SSSR count). The Balaban J connectivity index is 1.98. The van der Waals surface area contributed by atoms with Crippen LogP contribution in [0.25, 0.3) is 0 Å². The highest BCUT2D eigenvalue weighted by Gasteiger charge is 2.22. The fourth-order valence-electron chi connectivity index (χ4n) is 1.63. The van der Waals surface area contributed by atoms with E-state index in [1.807, 2.05) is 6.20 Å². The predicted octanol–water partition coefficient (Wildman–Crippen LogP) is 0.810. The maximum atomic E-state index is 4.08. The molecule has 1 N–H and O–H groups in total. The highest BCUT2D eigenvalue weighted by atomic mass is 14.9. The SMILES string of the molecule is C1=CC([C@H]2CCNC2)C=N1. The van der Waals surface area contributed by atoms with Crippen LogP contribution in [0.1, 0.15) is 6.42 Å². The van der Waals surface area contributed by atoms with E-state index in [-0.39, 0.29) is 0 Å². The Bertz CT molecular complexity index is 154. The molecule has 1 fully saturated rings. The second-order valence-electron chi connectivity index (χ2n) is 2.97. The summed E-state index contributed by atoms with van der Waals surface area (Å²) in [6.45, 7) is 2.35. The number of nitrogens with zero attached hydrogens (tertiary/aromatic N) is 1. The first-order valence-electron chi connectivity index (χ1n) is 3.87. The third-order valence-electron chi connectivity index (χ3n) is 2.30. The van der Waals surface area contributed by atoms with E-state index < -0.39 is 0 Å². The van der Waals surface area contributed by atoms with E-state index in [9.17, 15) is 0 Å². The van der Waals surface area contributed by atoms with Gasteiger partial charge < -0.3 is 5.32 Å². The number of hydrogen-bond acceptors (Lipinski definition) is 2. The van der Waals surface area contributed by atoms with Crippen molar-refractivity contribution in [3.8, 4) is 0 Å². The van der Waals surface area contributed by atoms with Crippen molar-refractivity contribution in [3.63, 3.8) is 0 Å². The average molecular weight is 136 g/mol. The van der Waals surface area contributed by atoms with Crippen LogP contribution in [0.5, 0.6) is 0 Å². The summed E-state index contributed by atoms with van der Waals surface area (Å²) in [6.07, 6.45) is 7.46. The molecule has 2 heterocycles. The first kappa shape index (κ1) is 6.10. The summed E-state index contributed by atoms with van der Waals surface area (Å²) in [5.74, 6) is 1.43. The second-order valence-corrected chi connectivity index (χ2v) is 2.97. The molecule has 1 unspecified atom stereocenters. The van der Waals surface area contributed by atoms with Crippen LogP contribution in [0.2, 0.25) is 0 Å². The molecular weight excluding hydrogens is 124 g/mol. The average Bonchev–Trinajstić information content (AvgIpc) is 2.59. The van der Waals surface area contributed by atoms with Crippen molar-refractivity contribution < 1.29 is 0 Å². The summed E-state index contributed by atoms with van der Waals surface area (Å²) in [7, 11) is 0. The van der Waals surface area contributed by atoms with Crippen LogP contribution >= 0.6 is 0 Å². The molecule has 0 radical (unpaired) electrons. The molecule has 0 aromatic carbocycles. The topological polar surface area (TPSA) is 24.4 Å². The Hall–Kier alpha value is -0.630. The minimum absolute atomic E-state index is 0.620. The highest BCUT2D eigenvalue weighted by Crippen LogP contribution is 2.20. The standard InChI is InChI=1S/C8H12N2/c1-3-9-5-7(1)8-2-4-10-6-8/h1,3,5,7-8,10H,2,4,6H2/t7?,8-/m0/s1. The Morgan fingerprint density at radius 3 is 3.10 bits per heavy atom. The zero-order valence-corrected chi connectivity index (χ0v) is 5.96. The fraction of sp³-hybridized carbons (Fsp3) is 0.625. The van der Waals surface area contributed by atoms with Crippen molar-refractivity contribution in [2.75, 3.05) is 13.1 Å². The lowest BCUT2D eigenvalue weighted by Gasteiger charge is -2.10. The predicted molar refractivity (Wildman–Crippen MR) is 42.1 cm³/mol. The first-order chi connectivity index (χ1) is 4.97. The molecule has 1 saturated heterocycles. The molecule has 2 aliphatic heterocycles. The van der Waals surface area contributed by atoms with Crippen LogP contribution in [0, 0.1) is 11.8 Å². The lowest BCUT2D eigenvalue weighted by atomic mass is 9.94. The van der Waals surface area contributed by atoms with Gasteiger partial charge in [-0.3, -0.25) is 4.99 Å². The van der Waals surface area contributed by atoms with E-state index in [4.69, 9.17) is 0 Å². The molecule has 0 spiro atoms. The van der Waals surface area contributed by atoms with Gasteiger partial charge in [0.25, 0.3) is 0 Å². The van der Waals surface area contributed by atoms with Gasteiger partial charge in [-0.1, -0.05) is 6.08 Å². The maximum absolute atomic E-state index is 4.08. The maximum Gasteiger partial charge on any atom is 0.0230 e. The first-order valence-corrected chi connectivity index (χ1v) is 3.87. The highest BCUT2D eigenvalue weighted by molar-refractivity contribution is 5.67. The van der Waals surface area contributed by atoms with E-state index in [1.165, 1.54) is 19.5 Å². The molecule has 2 aliphatic rings. The van der Waals surface area contributed by atoms with Gasteiger partial charge in [-0.25, -0.2) is 0 Å². The Morgan fingerprint density at radius 1 is 1.50 bits per heavy atom. The minimum atomic E-state index is 0.620. The lowest BCUT2D eigenvalue weighted by molar-refractivity contribution is 0.531. The minimum Gasteiger partial charge on any atom is -0.316 e. The van der Waals surface area contributed by atoms with Gasteiger partial charge in [0.15, 0.2) is 0 Å². The summed E-state index contributed by atoms with van der Waals surface area (Å²) in [4.78, 5) is 4.08. The molecule has 0 aromatic rings. The zero-order valence-electron chi connectivity index (χ0n) is 5.96. The van der Waals surface area contributed by atoms with Gasteiger partial charge in [0.1, 0.15) is 0 Å². The van der Waals surface area contributed by atoms with Crippen LogP contribution < -0.4 is 5.32 Å². The van der Waals surface area contributed by atoms with Crippen molar-refractivity contribution >= 4 is 6.21 Å². The Labute approximate surface area is 61.0 Å². The molecule has 0 amide bonds. The number of nitrogens with one attached hydrogen (secondary N) is 1. The summed E-state index contributed by atoms with van der Waals surface area (Å²) in [5, 5.41) is 3.35. The Morgan fingerprint density at radius 2 is 2.50 bits per heavy atom. The van der Waals surface area contributed by atoms with E-state index in [2.05, 4.69) is 22.6 Å². The van der Waals surface area contributed by atoms with Crippen molar-refractivity contribution in [3.05, 3.63) is 12.3 Å². The quantitative estimate of drug-likeness (QED) is 0.566. The van der Waals surface area contributed by atoms with Crippen molar-refractivity contribution in [1.82, 2.24) is 5.32 Å². The summed E-state index contributed by atoms with van der Waals surface area (Å²) in [5.41, 5.74) is 0. The number of allylic oxidation sites excluding steroid dienone is 1. The third kappa shape index (κ3) is 0.991. The molecule has 0 aromatic heterocycles. The monoisotopic (exact) mass is 136 g/mol. The number of rotatable bonds is 1. The smallest absolute Gasteiger partial charge is 0.0230 e. The largest absolute Gasteiger partial charge is 0.316 e. The van der Waals surface area contributed by atoms with E-state index >= 15 is 0 Å². The van der Waals surface area contributed by atoms with Gasteiger partial charge in [0.05, 0.1) is 0 Å². The van der Waals surface area contributed by atoms with Crippen LogP contribution in [-0.2, 0) is 0 Å². The second kappa shape index (κ2) is 2.54. The normalized spacial score (nSPS) is 37.6. The summed E-state index contributed by atoms with van der Waals surface area (Å²) in [6, 6.07) is 0. The molecule has 0 aliphatic carbocycles. The number of aliphatic imine (C=N–C) groups is 1. The number of hydrogen-bond donors (Lipinski definition) is 1. The van der Waals surface area contributed by atoms with Crippen LogP contribution in [0.15, 0.2) is 17.3 Å². The van der Waals surface area contributed by atoms with Gasteiger partial charge in [0.2, 0.25) is 0 Å². The van der Waals surface area contributed by atoms with Gasteiger partial charge >= 0.3 is 0 Å². The van der Waals surface area contributed by atoms with Gasteiger partial charge in [-0.05, 0) is 25.4 Å². The van der Waals surface area contributed by atoms with Crippen molar-refractivity contribution in [1.29, 1.82) is 0 Å². The summed E-state index contributed by atoms with van der Waals surface area (Å²) < 4.78 is 0. The van der Waals surface area contributed by atoms with Crippen LogP contribution in [-0.4, -0.2) is 19.3 Å².